The van der Waals surface area contributed by atoms with Crippen LogP contribution in [0, 0.1) is 26.7 Å². The molecule has 2 N–H and O–H groups in total. The molecule has 3 rings (SSSR count). The van der Waals surface area contributed by atoms with E-state index in [-0.39, 0.29) is 11.6 Å². The number of hydrogen-bond donors (Lipinski definition) is 1. The van der Waals surface area contributed by atoms with Gasteiger partial charge < -0.3 is 10.5 Å². The molecule has 1 saturated heterocycles. The van der Waals surface area contributed by atoms with Gasteiger partial charge >= 0.3 is 0 Å². The number of rotatable bonds is 2. The van der Waals surface area contributed by atoms with Crippen molar-refractivity contribution in [3.8, 4) is 0 Å². The molecule has 2 fully saturated rings. The summed E-state index contributed by atoms with van der Waals surface area (Å²) in [7, 11) is 0. The van der Waals surface area contributed by atoms with E-state index in [2.05, 4.69) is 32.9 Å². The van der Waals surface area contributed by atoms with Crippen molar-refractivity contribution in [3.05, 3.63) is 34.4 Å². The first-order valence-corrected chi connectivity index (χ1v) is 7.98. The lowest BCUT2D eigenvalue weighted by Crippen LogP contribution is -2.47. The van der Waals surface area contributed by atoms with Crippen molar-refractivity contribution in [2.75, 3.05) is 6.61 Å². The fourth-order valence-corrected chi connectivity index (χ4v) is 4.24. The van der Waals surface area contributed by atoms with Crippen molar-refractivity contribution in [1.82, 2.24) is 0 Å². The standard InChI is InChI=1S/C18H27NO/c1-12-9-13(2)16(14(3)10-12)17(19)15-5-8-20-18(11-15)6-4-7-18/h9-10,15,17H,4-8,11,19H2,1-3H3. The summed E-state index contributed by atoms with van der Waals surface area (Å²) in [6.07, 6.45) is 6.06. The predicted molar refractivity (Wildman–Crippen MR) is 82.8 cm³/mol. The number of ether oxygens (including phenoxy) is 1. The first kappa shape index (κ1) is 14.1. The molecule has 0 bridgehead atoms. The maximum absolute atomic E-state index is 6.67. The fourth-order valence-electron chi connectivity index (χ4n) is 4.24. The molecular formula is C18H27NO. The van der Waals surface area contributed by atoms with E-state index in [1.54, 1.807) is 0 Å². The van der Waals surface area contributed by atoms with Crippen LogP contribution in [-0.4, -0.2) is 12.2 Å². The summed E-state index contributed by atoms with van der Waals surface area (Å²) in [5, 5.41) is 0. The Kier molecular flexibility index (Phi) is 3.64. The second kappa shape index (κ2) is 5.16. The van der Waals surface area contributed by atoms with Crippen LogP contribution in [0.1, 0.15) is 60.4 Å². The van der Waals surface area contributed by atoms with Crippen LogP contribution in [0.15, 0.2) is 12.1 Å². The average Bonchev–Trinajstić information content (AvgIpc) is 2.35. The summed E-state index contributed by atoms with van der Waals surface area (Å²) in [6, 6.07) is 4.69. The molecule has 2 aliphatic rings. The maximum Gasteiger partial charge on any atom is 0.0686 e. The summed E-state index contributed by atoms with van der Waals surface area (Å²) < 4.78 is 6.04. The predicted octanol–water partition coefficient (Wildman–Crippen LogP) is 3.96. The van der Waals surface area contributed by atoms with Gasteiger partial charge in [-0.3, -0.25) is 0 Å². The smallest absolute Gasteiger partial charge is 0.0686 e. The lowest BCUT2D eigenvalue weighted by Gasteiger charge is -2.48. The Morgan fingerprint density at radius 3 is 2.40 bits per heavy atom. The second-order valence-electron chi connectivity index (χ2n) is 6.98. The third-order valence-electron chi connectivity index (χ3n) is 5.38. The van der Waals surface area contributed by atoms with Crippen molar-refractivity contribution >= 4 is 0 Å². The molecule has 110 valence electrons. The molecule has 0 amide bonds. The van der Waals surface area contributed by atoms with Gasteiger partial charge in [-0.25, -0.2) is 0 Å². The Morgan fingerprint density at radius 1 is 1.20 bits per heavy atom. The Balaban J connectivity index is 1.83. The fraction of sp³-hybridized carbons (Fsp3) is 0.667. The van der Waals surface area contributed by atoms with Gasteiger partial charge in [0.05, 0.1) is 5.60 Å². The van der Waals surface area contributed by atoms with E-state index in [1.165, 1.54) is 41.5 Å². The van der Waals surface area contributed by atoms with Crippen LogP contribution < -0.4 is 5.73 Å². The molecular weight excluding hydrogens is 246 g/mol. The molecule has 1 aromatic rings. The van der Waals surface area contributed by atoms with Crippen LogP contribution in [-0.2, 0) is 4.74 Å². The molecule has 2 heteroatoms. The highest BCUT2D eigenvalue weighted by atomic mass is 16.5. The van der Waals surface area contributed by atoms with Crippen molar-refractivity contribution in [3.63, 3.8) is 0 Å². The van der Waals surface area contributed by atoms with Crippen molar-refractivity contribution in [1.29, 1.82) is 0 Å². The molecule has 1 spiro atoms. The Bertz CT molecular complexity index is 481. The average molecular weight is 273 g/mol. The number of nitrogens with two attached hydrogens (primary N) is 1. The van der Waals surface area contributed by atoms with E-state index < -0.39 is 0 Å². The lowest BCUT2D eigenvalue weighted by atomic mass is 9.69. The van der Waals surface area contributed by atoms with Crippen molar-refractivity contribution in [2.24, 2.45) is 11.7 Å². The topological polar surface area (TPSA) is 35.2 Å². The molecule has 1 aromatic carbocycles. The minimum absolute atomic E-state index is 0.164. The zero-order valence-electron chi connectivity index (χ0n) is 13.0. The van der Waals surface area contributed by atoms with Gasteiger partial charge in [-0.1, -0.05) is 17.7 Å². The maximum atomic E-state index is 6.67. The van der Waals surface area contributed by atoms with Crippen LogP contribution >= 0.6 is 0 Å². The van der Waals surface area contributed by atoms with Crippen LogP contribution in [0.4, 0.5) is 0 Å². The molecule has 0 aromatic heterocycles. The monoisotopic (exact) mass is 273 g/mol. The largest absolute Gasteiger partial charge is 0.375 e. The van der Waals surface area contributed by atoms with Crippen molar-refractivity contribution < 1.29 is 4.74 Å². The Morgan fingerprint density at radius 2 is 1.85 bits per heavy atom. The van der Waals surface area contributed by atoms with Gasteiger partial charge in [-0.05, 0) is 75.5 Å². The highest BCUT2D eigenvalue weighted by molar-refractivity contribution is 5.40. The lowest BCUT2D eigenvalue weighted by molar-refractivity contribution is -0.146. The minimum atomic E-state index is 0.164. The molecule has 1 aliphatic heterocycles. The van der Waals surface area contributed by atoms with Gasteiger partial charge in [-0.15, -0.1) is 0 Å². The summed E-state index contributed by atoms with van der Waals surface area (Å²) >= 11 is 0. The summed E-state index contributed by atoms with van der Waals surface area (Å²) in [5.74, 6) is 0.573. The zero-order chi connectivity index (χ0) is 14.3. The van der Waals surface area contributed by atoms with Crippen LogP contribution in [0.25, 0.3) is 0 Å². The van der Waals surface area contributed by atoms with Crippen LogP contribution in [0.2, 0.25) is 0 Å². The Labute approximate surface area is 122 Å². The van der Waals surface area contributed by atoms with E-state index >= 15 is 0 Å². The van der Waals surface area contributed by atoms with Gasteiger partial charge in [0.2, 0.25) is 0 Å². The van der Waals surface area contributed by atoms with Gasteiger partial charge in [-0.2, -0.15) is 0 Å². The van der Waals surface area contributed by atoms with Gasteiger partial charge in [0, 0.05) is 12.6 Å². The molecule has 2 nitrogen and oxygen atoms in total. The first-order valence-electron chi connectivity index (χ1n) is 7.98. The number of benzene rings is 1. The molecule has 1 saturated carbocycles. The molecule has 2 atom stereocenters. The third kappa shape index (κ3) is 2.40. The first-order chi connectivity index (χ1) is 9.51. The summed E-state index contributed by atoms with van der Waals surface area (Å²) in [6.45, 7) is 7.46. The SMILES string of the molecule is Cc1cc(C)c(C(N)C2CCOC3(CCC3)C2)c(C)c1. The highest BCUT2D eigenvalue weighted by Crippen LogP contribution is 2.47. The van der Waals surface area contributed by atoms with Crippen LogP contribution in [0.3, 0.4) is 0 Å². The number of hydrogen-bond acceptors (Lipinski definition) is 2. The van der Waals surface area contributed by atoms with E-state index in [1.807, 2.05) is 0 Å². The van der Waals surface area contributed by atoms with E-state index in [9.17, 15) is 0 Å². The van der Waals surface area contributed by atoms with E-state index in [4.69, 9.17) is 10.5 Å². The van der Waals surface area contributed by atoms with Gasteiger partial charge in [0.15, 0.2) is 0 Å². The number of aryl methyl sites for hydroxylation is 3. The van der Waals surface area contributed by atoms with E-state index in [0.29, 0.717) is 5.92 Å². The van der Waals surface area contributed by atoms with Crippen molar-refractivity contribution in [2.45, 2.75) is 64.5 Å². The van der Waals surface area contributed by atoms with E-state index in [0.717, 1.165) is 19.4 Å². The molecule has 1 aliphatic carbocycles. The van der Waals surface area contributed by atoms with Gasteiger partial charge in [0.25, 0.3) is 0 Å². The molecule has 1 heterocycles. The zero-order valence-corrected chi connectivity index (χ0v) is 13.0. The summed E-state index contributed by atoms with van der Waals surface area (Å²) in [4.78, 5) is 0. The Hall–Kier alpha value is -0.860. The van der Waals surface area contributed by atoms with Gasteiger partial charge in [0.1, 0.15) is 0 Å². The minimum Gasteiger partial charge on any atom is -0.375 e. The summed E-state index contributed by atoms with van der Waals surface area (Å²) in [5.41, 5.74) is 12.3. The quantitative estimate of drug-likeness (QED) is 0.885. The molecule has 2 unspecified atom stereocenters. The second-order valence-corrected chi connectivity index (χ2v) is 6.98. The normalized spacial score (nSPS) is 26.3. The third-order valence-corrected chi connectivity index (χ3v) is 5.38. The molecule has 0 radical (unpaired) electrons. The van der Waals surface area contributed by atoms with Crippen LogP contribution in [0.5, 0.6) is 0 Å². The highest BCUT2D eigenvalue weighted by Gasteiger charge is 2.44. The molecule has 20 heavy (non-hydrogen) atoms.